The minimum atomic E-state index is -3.38. The van der Waals surface area contributed by atoms with E-state index in [9.17, 15) is 17.9 Å². The molecule has 0 amide bonds. The Morgan fingerprint density at radius 1 is 1.23 bits per heavy atom. The molecular formula is C18H27FN2O4S. The summed E-state index contributed by atoms with van der Waals surface area (Å²) >= 11 is 0. The number of sulfone groups is 1. The maximum atomic E-state index is 13.0. The maximum Gasteiger partial charge on any atom is 0.198 e. The van der Waals surface area contributed by atoms with E-state index in [1.807, 2.05) is 6.07 Å². The van der Waals surface area contributed by atoms with Gasteiger partial charge in [0.2, 0.25) is 0 Å². The number of anilines is 1. The molecule has 26 heavy (non-hydrogen) atoms. The van der Waals surface area contributed by atoms with Crippen molar-refractivity contribution in [2.45, 2.75) is 30.7 Å². The van der Waals surface area contributed by atoms with Crippen LogP contribution < -0.4 is 4.90 Å². The summed E-state index contributed by atoms with van der Waals surface area (Å²) in [5.41, 5.74) is 1.29. The van der Waals surface area contributed by atoms with Gasteiger partial charge in [-0.25, -0.2) is 12.8 Å². The van der Waals surface area contributed by atoms with Gasteiger partial charge in [-0.05, 0) is 30.0 Å². The van der Waals surface area contributed by atoms with Crippen molar-refractivity contribution in [3.63, 3.8) is 0 Å². The molecule has 1 aromatic rings. The first-order chi connectivity index (χ1) is 12.4. The molecule has 1 aromatic carbocycles. The van der Waals surface area contributed by atoms with Gasteiger partial charge in [-0.15, -0.1) is 0 Å². The lowest BCUT2D eigenvalue weighted by molar-refractivity contribution is -0.0940. The molecule has 0 saturated carbocycles. The molecule has 0 radical (unpaired) electrons. The van der Waals surface area contributed by atoms with Crippen molar-refractivity contribution >= 4 is 15.5 Å². The number of aliphatic hydroxyl groups excluding tert-OH is 1. The smallest absolute Gasteiger partial charge is 0.198 e. The van der Waals surface area contributed by atoms with E-state index < -0.39 is 16.2 Å². The normalized spacial score (nSPS) is 25.4. The van der Waals surface area contributed by atoms with Crippen molar-refractivity contribution in [3.8, 4) is 0 Å². The lowest BCUT2D eigenvalue weighted by Crippen LogP contribution is -2.48. The Bertz CT molecular complexity index is 712. The average Bonchev–Trinajstić information content (AvgIpc) is 2.63. The topological polar surface area (TPSA) is 70.1 Å². The molecule has 0 spiro atoms. The van der Waals surface area contributed by atoms with Crippen LogP contribution in [0.5, 0.6) is 0 Å². The van der Waals surface area contributed by atoms with Crippen molar-refractivity contribution in [2.75, 3.05) is 50.5 Å². The van der Waals surface area contributed by atoms with Crippen LogP contribution in [0.1, 0.15) is 18.4 Å². The molecular weight excluding hydrogens is 359 g/mol. The van der Waals surface area contributed by atoms with Crippen LogP contribution in [0.2, 0.25) is 0 Å². The molecule has 2 heterocycles. The Morgan fingerprint density at radius 3 is 2.54 bits per heavy atom. The standard InChI is InChI=1S/C18H27FN2O4S/c1-26(23,24)17-10-16(4-3-15(17)12-22)21-8-6-20(7-9-21)11-14-2-5-18(19)25-13-14/h3-4,10,14,18,22H,2,5-9,11-13H2,1H3/t14-,18?/m0/s1. The highest BCUT2D eigenvalue weighted by atomic mass is 32.2. The number of hydrogen-bond donors (Lipinski definition) is 1. The van der Waals surface area contributed by atoms with Crippen molar-refractivity contribution in [1.82, 2.24) is 4.90 Å². The van der Waals surface area contributed by atoms with Gasteiger partial charge in [-0.1, -0.05) is 6.07 Å². The van der Waals surface area contributed by atoms with E-state index in [0.717, 1.165) is 51.1 Å². The van der Waals surface area contributed by atoms with Gasteiger partial charge in [0, 0.05) is 51.1 Å². The fourth-order valence-electron chi connectivity index (χ4n) is 3.69. The molecule has 8 heteroatoms. The molecule has 2 aliphatic rings. The summed E-state index contributed by atoms with van der Waals surface area (Å²) in [6.07, 6.45) is 1.41. The number of rotatable bonds is 5. The van der Waals surface area contributed by atoms with Gasteiger partial charge in [0.05, 0.1) is 18.1 Å². The molecule has 0 aromatic heterocycles. The van der Waals surface area contributed by atoms with Crippen molar-refractivity contribution in [2.24, 2.45) is 5.92 Å². The van der Waals surface area contributed by atoms with Crippen LogP contribution in [0, 0.1) is 5.92 Å². The Balaban J connectivity index is 1.59. The number of benzene rings is 1. The van der Waals surface area contributed by atoms with E-state index in [1.165, 1.54) is 0 Å². The van der Waals surface area contributed by atoms with Gasteiger partial charge in [0.25, 0.3) is 0 Å². The van der Waals surface area contributed by atoms with E-state index in [1.54, 1.807) is 12.1 Å². The number of hydrogen-bond acceptors (Lipinski definition) is 6. The molecule has 2 atom stereocenters. The molecule has 0 aliphatic carbocycles. The second-order valence-corrected chi connectivity index (χ2v) is 9.18. The van der Waals surface area contributed by atoms with Crippen LogP contribution in [-0.4, -0.2) is 70.4 Å². The monoisotopic (exact) mass is 386 g/mol. The highest BCUT2D eigenvalue weighted by Gasteiger charge is 2.25. The molecule has 146 valence electrons. The molecule has 2 aliphatic heterocycles. The first-order valence-corrected chi connectivity index (χ1v) is 10.9. The van der Waals surface area contributed by atoms with Crippen LogP contribution in [0.15, 0.2) is 23.1 Å². The van der Waals surface area contributed by atoms with Crippen LogP contribution >= 0.6 is 0 Å². The highest BCUT2D eigenvalue weighted by molar-refractivity contribution is 7.90. The summed E-state index contributed by atoms with van der Waals surface area (Å²) in [7, 11) is -3.38. The van der Waals surface area contributed by atoms with E-state index in [-0.39, 0.29) is 11.5 Å². The van der Waals surface area contributed by atoms with E-state index in [4.69, 9.17) is 4.74 Å². The summed E-state index contributed by atoms with van der Waals surface area (Å²) in [4.78, 5) is 4.73. The third-order valence-electron chi connectivity index (χ3n) is 5.19. The number of ether oxygens (including phenoxy) is 1. The zero-order valence-electron chi connectivity index (χ0n) is 15.1. The van der Waals surface area contributed by atoms with E-state index in [2.05, 4.69) is 9.80 Å². The Kier molecular flexibility index (Phi) is 6.17. The van der Waals surface area contributed by atoms with Gasteiger partial charge in [-0.2, -0.15) is 0 Å². The van der Waals surface area contributed by atoms with Gasteiger partial charge in [0.15, 0.2) is 16.2 Å². The van der Waals surface area contributed by atoms with Crippen molar-refractivity contribution in [1.29, 1.82) is 0 Å². The predicted octanol–water partition coefficient (Wildman–Crippen LogP) is 1.43. The lowest BCUT2D eigenvalue weighted by Gasteiger charge is -2.38. The summed E-state index contributed by atoms with van der Waals surface area (Å²) in [5.74, 6) is 0.384. The van der Waals surface area contributed by atoms with E-state index in [0.29, 0.717) is 24.5 Å². The zero-order chi connectivity index (χ0) is 18.7. The van der Waals surface area contributed by atoms with Crippen molar-refractivity contribution < 1.29 is 22.7 Å². The van der Waals surface area contributed by atoms with Gasteiger partial charge < -0.3 is 14.7 Å². The zero-order valence-corrected chi connectivity index (χ0v) is 15.9. The minimum absolute atomic E-state index is 0.195. The SMILES string of the molecule is CS(=O)(=O)c1cc(N2CCN(C[C@@H]3CCC(F)OC3)CC2)ccc1CO. The van der Waals surface area contributed by atoms with Gasteiger partial charge in [0.1, 0.15) is 0 Å². The predicted molar refractivity (Wildman–Crippen MR) is 97.7 cm³/mol. The number of alkyl halides is 1. The molecule has 3 rings (SSSR count). The van der Waals surface area contributed by atoms with Crippen LogP contribution in [0.3, 0.4) is 0 Å². The van der Waals surface area contributed by atoms with Crippen LogP contribution in [0.4, 0.5) is 10.1 Å². The first kappa shape index (κ1) is 19.5. The Hall–Kier alpha value is -1.22. The molecule has 6 nitrogen and oxygen atoms in total. The molecule has 1 N–H and O–H groups in total. The Morgan fingerprint density at radius 2 is 1.96 bits per heavy atom. The maximum absolute atomic E-state index is 13.0. The van der Waals surface area contributed by atoms with Crippen LogP contribution in [0.25, 0.3) is 0 Å². The summed E-state index contributed by atoms with van der Waals surface area (Å²) in [5, 5.41) is 9.37. The minimum Gasteiger partial charge on any atom is -0.392 e. The molecule has 0 bridgehead atoms. The lowest BCUT2D eigenvalue weighted by atomic mass is 10.0. The summed E-state index contributed by atoms with van der Waals surface area (Å²) < 4.78 is 42.1. The van der Waals surface area contributed by atoms with Gasteiger partial charge >= 0.3 is 0 Å². The molecule has 1 unspecified atom stereocenters. The summed E-state index contributed by atoms with van der Waals surface area (Å²) in [6, 6.07) is 5.21. The Labute approximate surface area is 154 Å². The second-order valence-electron chi connectivity index (χ2n) is 7.20. The third-order valence-corrected chi connectivity index (χ3v) is 6.37. The quantitative estimate of drug-likeness (QED) is 0.826. The third kappa shape index (κ3) is 4.73. The number of halogens is 1. The highest BCUT2D eigenvalue weighted by Crippen LogP contribution is 2.26. The molecule has 2 saturated heterocycles. The number of piperazine rings is 1. The van der Waals surface area contributed by atoms with Gasteiger partial charge in [-0.3, -0.25) is 4.90 Å². The first-order valence-electron chi connectivity index (χ1n) is 9.03. The van der Waals surface area contributed by atoms with Crippen LogP contribution in [-0.2, 0) is 21.2 Å². The number of nitrogens with zero attached hydrogens (tertiary/aromatic N) is 2. The summed E-state index contributed by atoms with van der Waals surface area (Å²) in [6.45, 7) is 4.49. The average molecular weight is 386 g/mol. The van der Waals surface area contributed by atoms with Crippen molar-refractivity contribution in [3.05, 3.63) is 23.8 Å². The fourth-order valence-corrected chi connectivity index (χ4v) is 4.63. The number of aliphatic hydroxyl groups is 1. The fraction of sp³-hybridized carbons (Fsp3) is 0.667. The second kappa shape index (κ2) is 8.21. The largest absolute Gasteiger partial charge is 0.392 e. The van der Waals surface area contributed by atoms with E-state index >= 15 is 0 Å². The molecule has 2 fully saturated rings.